The number of carbonyl (C=O) groups excluding carboxylic acids is 2. The van der Waals surface area contributed by atoms with Crippen molar-refractivity contribution in [3.05, 3.63) is 50.5 Å². The van der Waals surface area contributed by atoms with Gasteiger partial charge in [-0.25, -0.2) is 9.78 Å². The van der Waals surface area contributed by atoms with Crippen molar-refractivity contribution in [3.63, 3.8) is 0 Å². The van der Waals surface area contributed by atoms with Gasteiger partial charge in [0.2, 0.25) is 0 Å². The number of methoxy groups -OCH3 is 1. The maximum Gasteiger partial charge on any atom is 0.331 e. The van der Waals surface area contributed by atoms with E-state index in [0.717, 1.165) is 5.01 Å². The molecule has 2 rings (SSSR count). The number of non-ortho nitro benzene ring substituents is 1. The maximum absolute atomic E-state index is 11.9. The molecule has 0 spiro atoms. The van der Waals surface area contributed by atoms with Gasteiger partial charge >= 0.3 is 5.97 Å². The van der Waals surface area contributed by atoms with Gasteiger partial charge in [0, 0.05) is 17.5 Å². The van der Waals surface area contributed by atoms with E-state index in [1.54, 1.807) is 5.38 Å². The van der Waals surface area contributed by atoms with Crippen LogP contribution in [0.4, 0.5) is 11.4 Å². The number of benzene rings is 1. The Hall–Kier alpha value is -3.27. The monoisotopic (exact) mass is 377 g/mol. The third-order valence-electron chi connectivity index (χ3n) is 3.04. The Bertz CT molecular complexity index is 861. The summed E-state index contributed by atoms with van der Waals surface area (Å²) in [5.41, 5.74) is 0.686. The van der Waals surface area contributed by atoms with E-state index < -0.39 is 23.4 Å². The lowest BCUT2D eigenvalue weighted by atomic mass is 10.2. The van der Waals surface area contributed by atoms with Gasteiger partial charge in [0.05, 0.1) is 34.5 Å². The molecule has 1 amide bonds. The van der Waals surface area contributed by atoms with Crippen LogP contribution < -0.4 is 10.1 Å². The zero-order chi connectivity index (χ0) is 19.1. The van der Waals surface area contributed by atoms with Gasteiger partial charge in [-0.2, -0.15) is 0 Å². The first-order valence-electron chi connectivity index (χ1n) is 7.28. The summed E-state index contributed by atoms with van der Waals surface area (Å²) in [5.74, 6) is -1.18. The number of aromatic nitrogens is 1. The number of nitro groups is 1. The Kier molecular flexibility index (Phi) is 6.39. The van der Waals surface area contributed by atoms with Crippen LogP contribution >= 0.6 is 11.3 Å². The van der Waals surface area contributed by atoms with Gasteiger partial charge in [-0.1, -0.05) is 0 Å². The first-order chi connectivity index (χ1) is 12.4. The van der Waals surface area contributed by atoms with E-state index in [1.165, 1.54) is 48.8 Å². The fraction of sp³-hybridized carbons (Fsp3) is 0.188. The van der Waals surface area contributed by atoms with Crippen molar-refractivity contribution in [3.8, 4) is 5.75 Å². The van der Waals surface area contributed by atoms with Gasteiger partial charge in [-0.15, -0.1) is 11.3 Å². The van der Waals surface area contributed by atoms with Gasteiger partial charge in [0.25, 0.3) is 11.6 Å². The van der Waals surface area contributed by atoms with E-state index >= 15 is 0 Å². The van der Waals surface area contributed by atoms with Crippen LogP contribution in [0.2, 0.25) is 0 Å². The minimum atomic E-state index is -0.693. The lowest BCUT2D eigenvalue weighted by molar-refractivity contribution is -0.384. The van der Waals surface area contributed by atoms with Crippen LogP contribution in [-0.4, -0.2) is 35.5 Å². The number of hydrogen-bond donors (Lipinski definition) is 1. The molecule has 9 nitrogen and oxygen atoms in total. The number of anilines is 1. The van der Waals surface area contributed by atoms with Crippen LogP contribution in [0.5, 0.6) is 5.75 Å². The lowest BCUT2D eigenvalue weighted by Gasteiger charge is -2.09. The zero-order valence-corrected chi connectivity index (χ0v) is 14.7. The molecule has 0 saturated heterocycles. The predicted molar refractivity (Wildman–Crippen MR) is 95.1 cm³/mol. The average molecular weight is 377 g/mol. The van der Waals surface area contributed by atoms with Crippen molar-refractivity contribution in [2.75, 3.05) is 19.0 Å². The van der Waals surface area contributed by atoms with Crippen molar-refractivity contribution in [2.24, 2.45) is 0 Å². The number of hydrogen-bond acceptors (Lipinski definition) is 8. The Morgan fingerprint density at radius 1 is 1.42 bits per heavy atom. The average Bonchev–Trinajstić information content (AvgIpc) is 3.03. The third kappa shape index (κ3) is 5.38. The summed E-state index contributed by atoms with van der Waals surface area (Å²) in [6, 6.07) is 3.74. The SMILES string of the molecule is COc1cc([N+](=O)[O-])ccc1NC(=O)COC(=O)/C=C/c1csc(C)n1. The second-order valence-corrected chi connectivity index (χ2v) is 5.98. The van der Waals surface area contributed by atoms with Crippen molar-refractivity contribution in [2.45, 2.75) is 6.92 Å². The molecule has 1 aromatic carbocycles. The topological polar surface area (TPSA) is 121 Å². The minimum absolute atomic E-state index is 0.123. The smallest absolute Gasteiger partial charge is 0.331 e. The third-order valence-corrected chi connectivity index (χ3v) is 3.83. The number of nitrogens with one attached hydrogen (secondary N) is 1. The molecule has 1 N–H and O–H groups in total. The lowest BCUT2D eigenvalue weighted by Crippen LogP contribution is -2.20. The van der Waals surface area contributed by atoms with E-state index in [9.17, 15) is 19.7 Å². The molecular weight excluding hydrogens is 362 g/mol. The predicted octanol–water partition coefficient (Wildman–Crippen LogP) is 2.56. The van der Waals surface area contributed by atoms with Gasteiger partial charge in [0.15, 0.2) is 6.61 Å². The van der Waals surface area contributed by atoms with E-state index in [1.807, 2.05) is 6.92 Å². The summed E-state index contributed by atoms with van der Waals surface area (Å²) in [6.45, 7) is 1.33. The molecular formula is C16H15N3O6S. The molecule has 0 unspecified atom stereocenters. The number of nitro benzene ring substituents is 1. The van der Waals surface area contributed by atoms with Crippen molar-refractivity contribution < 1.29 is 24.0 Å². The maximum atomic E-state index is 11.9. The standard InChI is InChI=1S/C16H15N3O6S/c1-10-17-11(9-26-10)3-6-16(21)25-8-15(20)18-13-5-4-12(19(22)23)7-14(13)24-2/h3-7,9H,8H2,1-2H3,(H,18,20)/b6-3+. The van der Waals surface area contributed by atoms with Gasteiger partial charge in [0.1, 0.15) is 5.75 Å². The number of rotatable bonds is 7. The first kappa shape index (κ1) is 19.1. The molecule has 0 bridgehead atoms. The second kappa shape index (κ2) is 8.72. The highest BCUT2D eigenvalue weighted by molar-refractivity contribution is 7.09. The highest BCUT2D eigenvalue weighted by Crippen LogP contribution is 2.28. The zero-order valence-electron chi connectivity index (χ0n) is 13.9. The molecule has 0 atom stereocenters. The number of amides is 1. The van der Waals surface area contributed by atoms with E-state index in [2.05, 4.69) is 10.3 Å². The normalized spacial score (nSPS) is 10.5. The fourth-order valence-electron chi connectivity index (χ4n) is 1.88. The van der Waals surface area contributed by atoms with Crippen LogP contribution in [0.3, 0.4) is 0 Å². The molecule has 1 heterocycles. The molecule has 0 radical (unpaired) electrons. The summed E-state index contributed by atoms with van der Waals surface area (Å²) in [4.78, 5) is 37.8. The van der Waals surface area contributed by atoms with Gasteiger partial charge in [-0.3, -0.25) is 14.9 Å². The molecule has 0 aliphatic heterocycles. The highest BCUT2D eigenvalue weighted by Gasteiger charge is 2.14. The summed E-state index contributed by atoms with van der Waals surface area (Å²) < 4.78 is 9.84. The number of aryl methyl sites for hydroxylation is 1. The van der Waals surface area contributed by atoms with Crippen LogP contribution in [0.15, 0.2) is 29.7 Å². The fourth-order valence-corrected chi connectivity index (χ4v) is 2.46. The Balaban J connectivity index is 1.89. The summed E-state index contributed by atoms with van der Waals surface area (Å²) in [7, 11) is 1.32. The van der Waals surface area contributed by atoms with Gasteiger partial charge < -0.3 is 14.8 Å². The molecule has 26 heavy (non-hydrogen) atoms. The minimum Gasteiger partial charge on any atom is -0.494 e. The van der Waals surface area contributed by atoms with Crippen molar-refractivity contribution in [1.82, 2.24) is 4.98 Å². The number of nitrogens with zero attached hydrogens (tertiary/aromatic N) is 2. The number of thiazole rings is 1. The Morgan fingerprint density at radius 2 is 2.19 bits per heavy atom. The summed E-state index contributed by atoms with van der Waals surface area (Å²) in [6.07, 6.45) is 2.66. The Labute approximate surface area is 152 Å². The van der Waals surface area contributed by atoms with Gasteiger partial charge in [-0.05, 0) is 19.1 Å². The number of carbonyl (C=O) groups is 2. The molecule has 0 fully saturated rings. The largest absolute Gasteiger partial charge is 0.494 e. The molecule has 0 aliphatic carbocycles. The van der Waals surface area contributed by atoms with Crippen molar-refractivity contribution in [1.29, 1.82) is 0 Å². The summed E-state index contributed by atoms with van der Waals surface area (Å²) >= 11 is 1.45. The van der Waals surface area contributed by atoms with Crippen molar-refractivity contribution >= 4 is 40.7 Å². The Morgan fingerprint density at radius 3 is 2.81 bits per heavy atom. The number of ether oxygens (including phenoxy) is 2. The highest BCUT2D eigenvalue weighted by atomic mass is 32.1. The van der Waals surface area contributed by atoms with Crippen LogP contribution in [0, 0.1) is 17.0 Å². The van der Waals surface area contributed by atoms with Crippen LogP contribution in [0.1, 0.15) is 10.7 Å². The molecule has 136 valence electrons. The van der Waals surface area contributed by atoms with E-state index in [4.69, 9.17) is 9.47 Å². The molecule has 0 saturated carbocycles. The van der Waals surface area contributed by atoms with Crippen LogP contribution in [0.25, 0.3) is 6.08 Å². The van der Waals surface area contributed by atoms with E-state index in [0.29, 0.717) is 5.69 Å². The van der Waals surface area contributed by atoms with E-state index in [-0.39, 0.29) is 17.1 Å². The number of esters is 1. The second-order valence-electron chi connectivity index (χ2n) is 4.92. The first-order valence-corrected chi connectivity index (χ1v) is 8.16. The molecule has 2 aromatic rings. The molecule has 0 aliphatic rings. The quantitative estimate of drug-likeness (QED) is 0.341. The molecule has 10 heteroatoms. The summed E-state index contributed by atoms with van der Waals surface area (Å²) in [5, 5.41) is 15.9. The molecule has 1 aromatic heterocycles. The van der Waals surface area contributed by atoms with Crippen LogP contribution in [-0.2, 0) is 14.3 Å².